The second-order valence-electron chi connectivity index (χ2n) is 6.88. The lowest BCUT2D eigenvalue weighted by atomic mass is 10.00. The molecule has 5 nitrogen and oxygen atoms in total. The van der Waals surface area contributed by atoms with Gasteiger partial charge in [-0.25, -0.2) is 4.68 Å². The molecule has 140 valence electrons. The first-order valence-corrected chi connectivity index (χ1v) is 10.0. The number of halogens is 2. The van der Waals surface area contributed by atoms with E-state index in [2.05, 4.69) is 44.1 Å². The monoisotopic (exact) mass is 447 g/mol. The molecule has 0 spiro atoms. The van der Waals surface area contributed by atoms with Gasteiger partial charge in [-0.05, 0) is 35.7 Å². The van der Waals surface area contributed by atoms with Crippen LogP contribution in [0.1, 0.15) is 11.1 Å². The van der Waals surface area contributed by atoms with Gasteiger partial charge >= 0.3 is 0 Å². The predicted molar refractivity (Wildman–Crippen MR) is 110 cm³/mol. The molecule has 1 aliphatic rings. The Balaban J connectivity index is 1.50. The fraction of sp³-hybridized carbons (Fsp3) is 0.300. The van der Waals surface area contributed by atoms with E-state index in [1.165, 1.54) is 15.8 Å². The number of aromatic nitrogens is 2. The summed E-state index contributed by atoms with van der Waals surface area (Å²) in [6, 6.07) is 13.7. The van der Waals surface area contributed by atoms with Crippen molar-refractivity contribution in [2.45, 2.75) is 25.6 Å². The number of hydrogen-bond acceptors (Lipinski definition) is 4. The fourth-order valence-corrected chi connectivity index (χ4v) is 4.22. The molecule has 0 radical (unpaired) electrons. The predicted octanol–water partition coefficient (Wildman–Crippen LogP) is 3.23. The lowest BCUT2D eigenvalue weighted by Crippen LogP contribution is -2.40. The maximum atomic E-state index is 12.7. The van der Waals surface area contributed by atoms with Gasteiger partial charge in [0.05, 0.1) is 18.0 Å². The molecule has 1 aromatic heterocycles. The molecule has 4 rings (SSSR count). The van der Waals surface area contributed by atoms with E-state index in [0.29, 0.717) is 17.3 Å². The summed E-state index contributed by atoms with van der Waals surface area (Å²) in [5.41, 5.74) is 2.42. The van der Waals surface area contributed by atoms with Gasteiger partial charge in [-0.15, -0.1) is 0 Å². The summed E-state index contributed by atoms with van der Waals surface area (Å²) in [6.07, 6.45) is 0.266. The molecule has 1 N–H and O–H groups in total. The number of aliphatic hydroxyl groups excluding tert-OH is 1. The van der Waals surface area contributed by atoms with E-state index in [0.717, 1.165) is 24.0 Å². The van der Waals surface area contributed by atoms with E-state index in [4.69, 9.17) is 11.6 Å². The molecule has 0 aliphatic carbocycles. The van der Waals surface area contributed by atoms with Crippen molar-refractivity contribution in [1.29, 1.82) is 0 Å². The SMILES string of the molecule is O=c1c2ccc(Br)cc2c(Cl)nn1C[C@H](O)CN1CCc2ccccc2C1. The summed E-state index contributed by atoms with van der Waals surface area (Å²) in [4.78, 5) is 14.9. The summed E-state index contributed by atoms with van der Waals surface area (Å²) in [5.74, 6) is 0. The van der Waals surface area contributed by atoms with E-state index >= 15 is 0 Å². The van der Waals surface area contributed by atoms with Crippen LogP contribution in [0.2, 0.25) is 5.15 Å². The van der Waals surface area contributed by atoms with Gasteiger partial charge in [0.1, 0.15) is 0 Å². The van der Waals surface area contributed by atoms with Gasteiger partial charge in [0, 0.05) is 29.5 Å². The highest BCUT2D eigenvalue weighted by Gasteiger charge is 2.20. The average molecular weight is 449 g/mol. The van der Waals surface area contributed by atoms with Crippen molar-refractivity contribution in [3.8, 4) is 0 Å². The number of benzene rings is 2. The molecule has 0 amide bonds. The highest BCUT2D eigenvalue weighted by Crippen LogP contribution is 2.23. The van der Waals surface area contributed by atoms with Crippen LogP contribution in [0.4, 0.5) is 0 Å². The molecule has 0 bridgehead atoms. The molecule has 3 aromatic rings. The van der Waals surface area contributed by atoms with Gasteiger partial charge in [-0.1, -0.05) is 51.8 Å². The number of β-amino-alcohol motifs (C(OH)–C–C–N with tert-alkyl or cyclic N) is 1. The Kier molecular flexibility index (Phi) is 5.32. The van der Waals surface area contributed by atoms with E-state index in [9.17, 15) is 9.90 Å². The normalized spacial score (nSPS) is 15.7. The summed E-state index contributed by atoms with van der Waals surface area (Å²) >= 11 is 9.63. The van der Waals surface area contributed by atoms with Crippen LogP contribution in [-0.4, -0.2) is 39.0 Å². The van der Waals surface area contributed by atoms with Crippen LogP contribution in [0, 0.1) is 0 Å². The number of rotatable bonds is 4. The topological polar surface area (TPSA) is 58.4 Å². The second kappa shape index (κ2) is 7.72. The highest BCUT2D eigenvalue weighted by molar-refractivity contribution is 9.10. The number of aliphatic hydroxyl groups is 1. The number of fused-ring (bicyclic) bond motifs is 2. The zero-order valence-electron chi connectivity index (χ0n) is 14.6. The maximum absolute atomic E-state index is 12.7. The van der Waals surface area contributed by atoms with Crippen LogP contribution < -0.4 is 5.56 Å². The second-order valence-corrected chi connectivity index (χ2v) is 8.15. The minimum absolute atomic E-state index is 0.114. The van der Waals surface area contributed by atoms with Crippen LogP contribution in [-0.2, 0) is 19.5 Å². The third kappa shape index (κ3) is 3.94. The summed E-state index contributed by atoms with van der Waals surface area (Å²) in [5, 5.41) is 16.1. The lowest BCUT2D eigenvalue weighted by molar-refractivity contribution is 0.0878. The fourth-order valence-electron chi connectivity index (χ4n) is 3.61. The van der Waals surface area contributed by atoms with Crippen LogP contribution in [0.25, 0.3) is 10.8 Å². The third-order valence-corrected chi connectivity index (χ3v) is 5.71. The Morgan fingerprint density at radius 3 is 2.74 bits per heavy atom. The average Bonchev–Trinajstić information content (AvgIpc) is 2.65. The standard InChI is InChI=1S/C20H19BrClN3O2/c21-15-5-6-17-18(9-15)19(22)23-25(20(17)27)12-16(26)11-24-8-7-13-3-1-2-4-14(13)10-24/h1-6,9,16,26H,7-8,10-12H2/t16-/m1/s1. The van der Waals surface area contributed by atoms with E-state index in [1.54, 1.807) is 18.2 Å². The summed E-state index contributed by atoms with van der Waals surface area (Å²) < 4.78 is 2.10. The Morgan fingerprint density at radius 1 is 1.15 bits per heavy atom. The van der Waals surface area contributed by atoms with Crippen molar-refractivity contribution in [3.63, 3.8) is 0 Å². The Hall–Kier alpha value is -1.73. The zero-order valence-corrected chi connectivity index (χ0v) is 16.9. The molecule has 7 heteroatoms. The maximum Gasteiger partial charge on any atom is 0.274 e. The molecule has 0 fully saturated rings. The smallest absolute Gasteiger partial charge is 0.274 e. The van der Waals surface area contributed by atoms with Crippen molar-refractivity contribution in [1.82, 2.24) is 14.7 Å². The van der Waals surface area contributed by atoms with Crippen LogP contribution in [0.5, 0.6) is 0 Å². The Morgan fingerprint density at radius 2 is 1.93 bits per heavy atom. The molecule has 0 saturated heterocycles. The summed E-state index contributed by atoms with van der Waals surface area (Å²) in [7, 11) is 0. The number of nitrogens with zero attached hydrogens (tertiary/aromatic N) is 3. The molecule has 27 heavy (non-hydrogen) atoms. The molecule has 0 unspecified atom stereocenters. The Bertz CT molecular complexity index is 1050. The molecule has 2 aromatic carbocycles. The van der Waals surface area contributed by atoms with E-state index in [-0.39, 0.29) is 17.3 Å². The van der Waals surface area contributed by atoms with E-state index in [1.807, 2.05) is 6.07 Å². The highest BCUT2D eigenvalue weighted by atomic mass is 79.9. The Labute approximate surface area is 170 Å². The van der Waals surface area contributed by atoms with Gasteiger partial charge < -0.3 is 5.11 Å². The van der Waals surface area contributed by atoms with Crippen LogP contribution in [0.15, 0.2) is 51.7 Å². The van der Waals surface area contributed by atoms with Gasteiger partial charge in [0.25, 0.3) is 5.56 Å². The minimum Gasteiger partial charge on any atom is -0.390 e. The molecule has 0 saturated carbocycles. The van der Waals surface area contributed by atoms with Crippen molar-refractivity contribution in [2.75, 3.05) is 13.1 Å². The number of hydrogen-bond donors (Lipinski definition) is 1. The van der Waals surface area contributed by atoms with Crippen molar-refractivity contribution in [3.05, 3.63) is 73.6 Å². The van der Waals surface area contributed by atoms with Gasteiger partial charge in [-0.2, -0.15) is 5.10 Å². The first kappa shape index (κ1) is 18.6. The molecule has 2 heterocycles. The largest absolute Gasteiger partial charge is 0.390 e. The van der Waals surface area contributed by atoms with Crippen molar-refractivity contribution < 1.29 is 5.11 Å². The van der Waals surface area contributed by atoms with Gasteiger partial charge in [-0.3, -0.25) is 9.69 Å². The molecule has 1 aliphatic heterocycles. The summed E-state index contributed by atoms with van der Waals surface area (Å²) in [6.45, 7) is 2.30. The molecule has 1 atom stereocenters. The van der Waals surface area contributed by atoms with Crippen LogP contribution in [0.3, 0.4) is 0 Å². The third-order valence-electron chi connectivity index (χ3n) is 4.94. The quantitative estimate of drug-likeness (QED) is 0.666. The van der Waals surface area contributed by atoms with Gasteiger partial charge in [0.2, 0.25) is 0 Å². The van der Waals surface area contributed by atoms with Crippen molar-refractivity contribution >= 4 is 38.3 Å². The lowest BCUT2D eigenvalue weighted by Gasteiger charge is -2.30. The van der Waals surface area contributed by atoms with E-state index < -0.39 is 6.10 Å². The zero-order chi connectivity index (χ0) is 19.0. The first-order valence-electron chi connectivity index (χ1n) is 8.84. The molecular weight excluding hydrogens is 430 g/mol. The minimum atomic E-state index is -0.704. The van der Waals surface area contributed by atoms with Gasteiger partial charge in [0.15, 0.2) is 5.15 Å². The van der Waals surface area contributed by atoms with Crippen LogP contribution >= 0.6 is 27.5 Å². The molecular formula is C20H19BrClN3O2. The van der Waals surface area contributed by atoms with Crippen molar-refractivity contribution in [2.24, 2.45) is 0 Å². The first-order chi connectivity index (χ1) is 13.0.